The molecule has 1 amide bonds. The lowest BCUT2D eigenvalue weighted by Gasteiger charge is -2.47. The van der Waals surface area contributed by atoms with E-state index < -0.39 is 0 Å². The van der Waals surface area contributed by atoms with Gasteiger partial charge in [0, 0.05) is 23.6 Å². The summed E-state index contributed by atoms with van der Waals surface area (Å²) in [7, 11) is 1.61. The van der Waals surface area contributed by atoms with Gasteiger partial charge in [0.15, 0.2) is 5.78 Å². The SMILES string of the molecule is COc1ccc(C)c(C(=O)C2CC3CCCC(C2)N3C(=O)OCc2ccccc2)c1. The topological polar surface area (TPSA) is 55.8 Å². The van der Waals surface area contributed by atoms with Gasteiger partial charge in [-0.2, -0.15) is 0 Å². The molecule has 2 atom stereocenters. The van der Waals surface area contributed by atoms with Crippen molar-refractivity contribution in [2.75, 3.05) is 7.11 Å². The number of aryl methyl sites for hydroxylation is 1. The molecule has 2 aromatic rings. The molecule has 5 heteroatoms. The number of amides is 1. The fraction of sp³-hybridized carbons (Fsp3) is 0.440. The van der Waals surface area contributed by atoms with E-state index in [1.165, 1.54) is 0 Å². The molecule has 2 aliphatic rings. The van der Waals surface area contributed by atoms with Crippen LogP contribution in [0.25, 0.3) is 0 Å². The number of Topliss-reactive ketones (excluding diaryl/α,β-unsaturated/α-hetero) is 1. The van der Waals surface area contributed by atoms with E-state index in [2.05, 4.69) is 0 Å². The summed E-state index contributed by atoms with van der Waals surface area (Å²) in [5, 5.41) is 0. The Balaban J connectivity index is 1.45. The summed E-state index contributed by atoms with van der Waals surface area (Å²) in [4.78, 5) is 28.1. The Morgan fingerprint density at radius 3 is 2.40 bits per heavy atom. The molecule has 0 radical (unpaired) electrons. The lowest BCUT2D eigenvalue weighted by atomic mass is 9.75. The highest BCUT2D eigenvalue weighted by atomic mass is 16.6. The number of methoxy groups -OCH3 is 1. The van der Waals surface area contributed by atoms with E-state index >= 15 is 0 Å². The Labute approximate surface area is 178 Å². The highest BCUT2D eigenvalue weighted by Gasteiger charge is 2.43. The Bertz CT molecular complexity index is 897. The summed E-state index contributed by atoms with van der Waals surface area (Å²) in [6, 6.07) is 15.5. The average Bonchev–Trinajstić information content (AvgIpc) is 2.77. The largest absolute Gasteiger partial charge is 0.497 e. The molecule has 2 heterocycles. The third kappa shape index (κ3) is 4.20. The number of hydrogen-bond donors (Lipinski definition) is 0. The van der Waals surface area contributed by atoms with Crippen molar-refractivity contribution in [1.82, 2.24) is 4.90 Å². The smallest absolute Gasteiger partial charge is 0.410 e. The number of rotatable bonds is 5. The van der Waals surface area contributed by atoms with Gasteiger partial charge < -0.3 is 14.4 Å². The lowest BCUT2D eigenvalue weighted by molar-refractivity contribution is 0.00471. The van der Waals surface area contributed by atoms with E-state index in [0.29, 0.717) is 18.6 Å². The summed E-state index contributed by atoms with van der Waals surface area (Å²) in [6.45, 7) is 2.24. The van der Waals surface area contributed by atoms with E-state index in [4.69, 9.17) is 9.47 Å². The van der Waals surface area contributed by atoms with Gasteiger partial charge in [0.1, 0.15) is 12.4 Å². The molecule has 158 valence electrons. The van der Waals surface area contributed by atoms with Crippen molar-refractivity contribution >= 4 is 11.9 Å². The molecule has 30 heavy (non-hydrogen) atoms. The van der Waals surface area contributed by atoms with Gasteiger partial charge in [-0.25, -0.2) is 4.79 Å². The van der Waals surface area contributed by atoms with Gasteiger partial charge in [0.05, 0.1) is 7.11 Å². The zero-order valence-electron chi connectivity index (χ0n) is 17.7. The molecular formula is C25H29NO4. The second kappa shape index (κ2) is 8.90. The molecule has 2 aliphatic heterocycles. The second-order valence-corrected chi connectivity index (χ2v) is 8.40. The number of fused-ring (bicyclic) bond motifs is 2. The van der Waals surface area contributed by atoms with Crippen LogP contribution in [0.3, 0.4) is 0 Å². The van der Waals surface area contributed by atoms with Crippen LogP contribution in [0.5, 0.6) is 5.75 Å². The van der Waals surface area contributed by atoms with Crippen LogP contribution in [0, 0.1) is 12.8 Å². The zero-order chi connectivity index (χ0) is 21.1. The number of ketones is 1. The van der Waals surface area contributed by atoms with Gasteiger partial charge in [-0.05, 0) is 62.3 Å². The number of ether oxygens (including phenoxy) is 2. The standard InChI is InChI=1S/C25H29NO4/c1-17-11-12-22(29-2)15-23(17)24(27)19-13-20-9-6-10-21(14-19)26(20)25(28)30-16-18-7-4-3-5-8-18/h3-5,7-8,11-12,15,19-21H,6,9-10,13-14,16H2,1-2H3. The summed E-state index contributed by atoms with van der Waals surface area (Å²) < 4.78 is 10.9. The maximum Gasteiger partial charge on any atom is 0.410 e. The van der Waals surface area contributed by atoms with Crippen LogP contribution in [0.4, 0.5) is 4.79 Å². The van der Waals surface area contributed by atoms with Crippen molar-refractivity contribution in [2.24, 2.45) is 5.92 Å². The fourth-order valence-electron chi connectivity index (χ4n) is 4.90. The molecule has 2 fully saturated rings. The average molecular weight is 408 g/mol. The van der Waals surface area contributed by atoms with Crippen molar-refractivity contribution in [3.8, 4) is 5.75 Å². The Morgan fingerprint density at radius 2 is 1.73 bits per heavy atom. The maximum absolute atomic E-state index is 13.3. The Morgan fingerprint density at radius 1 is 1.03 bits per heavy atom. The molecule has 2 unspecified atom stereocenters. The van der Waals surface area contributed by atoms with Crippen LogP contribution in [0.15, 0.2) is 48.5 Å². The highest BCUT2D eigenvalue weighted by molar-refractivity contribution is 5.99. The maximum atomic E-state index is 13.3. The lowest BCUT2D eigenvalue weighted by Crippen LogP contribution is -2.55. The van der Waals surface area contributed by atoms with E-state index in [0.717, 1.165) is 36.0 Å². The molecule has 0 aliphatic carbocycles. The van der Waals surface area contributed by atoms with Gasteiger partial charge in [-0.15, -0.1) is 0 Å². The molecular weight excluding hydrogens is 378 g/mol. The molecule has 0 saturated carbocycles. The van der Waals surface area contributed by atoms with Crippen molar-refractivity contribution in [1.29, 1.82) is 0 Å². The first kappa shape index (κ1) is 20.5. The number of nitrogens with zero attached hydrogens (tertiary/aromatic N) is 1. The summed E-state index contributed by atoms with van der Waals surface area (Å²) in [6.07, 6.45) is 4.10. The van der Waals surface area contributed by atoms with Crippen molar-refractivity contribution in [2.45, 2.75) is 57.7 Å². The minimum absolute atomic E-state index is 0.0655. The predicted molar refractivity (Wildman–Crippen MR) is 115 cm³/mol. The van der Waals surface area contributed by atoms with Crippen LogP contribution >= 0.6 is 0 Å². The number of carbonyl (C=O) groups excluding carboxylic acids is 2. The van der Waals surface area contributed by atoms with Gasteiger partial charge in [0.2, 0.25) is 0 Å². The molecule has 2 bridgehead atoms. The minimum atomic E-state index is -0.253. The van der Waals surface area contributed by atoms with E-state index in [1.54, 1.807) is 7.11 Å². The number of piperidine rings is 2. The molecule has 0 spiro atoms. The normalized spacial score (nSPS) is 23.0. The molecule has 5 nitrogen and oxygen atoms in total. The first-order valence-electron chi connectivity index (χ1n) is 10.7. The van der Waals surface area contributed by atoms with Gasteiger partial charge in [-0.1, -0.05) is 36.4 Å². The van der Waals surface area contributed by atoms with Crippen LogP contribution in [-0.2, 0) is 11.3 Å². The van der Waals surface area contributed by atoms with Crippen LogP contribution in [0.1, 0.15) is 53.6 Å². The monoisotopic (exact) mass is 407 g/mol. The molecule has 2 aromatic carbocycles. The van der Waals surface area contributed by atoms with E-state index in [1.807, 2.05) is 60.4 Å². The second-order valence-electron chi connectivity index (χ2n) is 8.40. The van der Waals surface area contributed by atoms with Crippen LogP contribution < -0.4 is 4.74 Å². The quantitative estimate of drug-likeness (QED) is 0.643. The van der Waals surface area contributed by atoms with Crippen LogP contribution in [-0.4, -0.2) is 36.0 Å². The number of hydrogen-bond acceptors (Lipinski definition) is 4. The van der Waals surface area contributed by atoms with Crippen molar-refractivity contribution in [3.63, 3.8) is 0 Å². The first-order chi connectivity index (χ1) is 14.6. The minimum Gasteiger partial charge on any atom is -0.497 e. The van der Waals surface area contributed by atoms with Crippen molar-refractivity contribution in [3.05, 3.63) is 65.2 Å². The summed E-state index contributed by atoms with van der Waals surface area (Å²) >= 11 is 0. The van der Waals surface area contributed by atoms with Crippen LogP contribution in [0.2, 0.25) is 0 Å². The zero-order valence-corrected chi connectivity index (χ0v) is 17.7. The summed E-state index contributed by atoms with van der Waals surface area (Å²) in [5.41, 5.74) is 2.68. The van der Waals surface area contributed by atoms with Gasteiger partial charge in [0.25, 0.3) is 0 Å². The number of benzene rings is 2. The fourth-order valence-corrected chi connectivity index (χ4v) is 4.90. The van der Waals surface area contributed by atoms with Crippen molar-refractivity contribution < 1.29 is 19.1 Å². The molecule has 2 saturated heterocycles. The molecule has 4 rings (SSSR count). The highest BCUT2D eigenvalue weighted by Crippen LogP contribution is 2.39. The predicted octanol–water partition coefficient (Wildman–Crippen LogP) is 5.16. The first-order valence-corrected chi connectivity index (χ1v) is 10.7. The van der Waals surface area contributed by atoms with Gasteiger partial charge >= 0.3 is 6.09 Å². The molecule has 0 N–H and O–H groups in total. The number of carbonyl (C=O) groups is 2. The van der Waals surface area contributed by atoms with E-state index in [-0.39, 0.29) is 36.5 Å². The van der Waals surface area contributed by atoms with E-state index in [9.17, 15) is 9.59 Å². The Kier molecular flexibility index (Phi) is 6.07. The third-order valence-corrected chi connectivity index (χ3v) is 6.47. The third-order valence-electron chi connectivity index (χ3n) is 6.47. The summed E-state index contributed by atoms with van der Waals surface area (Å²) in [5.74, 6) is 0.802. The Hall–Kier alpha value is -2.82. The van der Waals surface area contributed by atoms with Gasteiger partial charge in [-0.3, -0.25) is 4.79 Å². The molecule has 0 aromatic heterocycles.